The fourth-order valence-electron chi connectivity index (χ4n) is 8.61. The largest absolute Gasteiger partial charge is 0.493 e. The number of unbranched alkanes of at least 4 members (excludes halogenated alkanes) is 6. The molecule has 0 saturated heterocycles. The van der Waals surface area contributed by atoms with Crippen LogP contribution in [0.25, 0.3) is 0 Å². The number of carbonyl (C=O) groups excluding carboxylic acids is 8. The number of rotatable bonds is 28. The third-order valence-electron chi connectivity index (χ3n) is 12.9. The zero-order valence-corrected chi connectivity index (χ0v) is 51.1. The van der Waals surface area contributed by atoms with Crippen LogP contribution < -0.4 is 28.4 Å². The molecule has 0 heterocycles. The average Bonchev–Trinajstić information content (AvgIpc) is 3.63. The zero-order chi connectivity index (χ0) is 62.1. The normalized spacial score (nSPS) is 15.6. The lowest BCUT2D eigenvalue weighted by atomic mass is 9.82. The molecule has 18 nitrogen and oxygen atoms in total. The molecule has 0 amide bonds. The van der Waals surface area contributed by atoms with Gasteiger partial charge in [0.15, 0.2) is 0 Å². The fourth-order valence-corrected chi connectivity index (χ4v) is 8.61. The Labute approximate surface area is 492 Å². The highest BCUT2D eigenvalue weighted by atomic mass is 16.6. The van der Waals surface area contributed by atoms with Crippen LogP contribution >= 0.6 is 0 Å². The van der Waals surface area contributed by atoms with E-state index in [4.69, 9.17) is 47.4 Å². The molecule has 0 radical (unpaired) electrons. The Morgan fingerprint density at radius 3 is 1.06 bits per heavy atom. The SMILES string of the molecule is C=CC(=O)OCCCCCCOc1ccc(OC(=O)C2CCC(C(=O)Oc3ccc(OC(=O)C4CCC(C(=O)Oc5ccc(OCCCCCCOC(=O)C=C)c(C(=O)OC)c5)CC4)cc3C(=O)OC)CC2)cc1C.CC.CC.CC.CC. The van der Waals surface area contributed by atoms with Gasteiger partial charge in [-0.2, -0.15) is 0 Å². The van der Waals surface area contributed by atoms with E-state index in [1.165, 1.54) is 50.6 Å². The number of esters is 8. The first-order valence-electron chi connectivity index (χ1n) is 29.5. The topological polar surface area (TPSA) is 229 Å². The Morgan fingerprint density at radius 2 is 0.711 bits per heavy atom. The van der Waals surface area contributed by atoms with E-state index in [9.17, 15) is 38.4 Å². The highest BCUT2D eigenvalue weighted by molar-refractivity contribution is 5.95. The van der Waals surface area contributed by atoms with E-state index in [0.717, 1.165) is 56.2 Å². The predicted molar refractivity (Wildman–Crippen MR) is 316 cm³/mol. The van der Waals surface area contributed by atoms with Crippen LogP contribution in [0.3, 0.4) is 0 Å². The Bertz CT molecular complexity index is 2480. The van der Waals surface area contributed by atoms with Gasteiger partial charge in [-0.15, -0.1) is 0 Å². The fraction of sp³-hybridized carbons (Fsp3) is 0.538. The second-order valence-corrected chi connectivity index (χ2v) is 18.3. The van der Waals surface area contributed by atoms with Crippen molar-refractivity contribution in [3.05, 3.63) is 96.6 Å². The summed E-state index contributed by atoms with van der Waals surface area (Å²) in [4.78, 5) is 101. The van der Waals surface area contributed by atoms with Gasteiger partial charge in [-0.1, -0.05) is 68.5 Å². The third kappa shape index (κ3) is 26.5. The quantitative estimate of drug-likeness (QED) is 0.0216. The van der Waals surface area contributed by atoms with Gasteiger partial charge in [-0.25, -0.2) is 19.2 Å². The van der Waals surface area contributed by atoms with Crippen molar-refractivity contribution in [2.75, 3.05) is 40.6 Å². The molecule has 0 unspecified atom stereocenters. The second kappa shape index (κ2) is 43.2. The first kappa shape index (κ1) is 73.5. The number of ether oxygens (including phenoxy) is 10. The first-order valence-corrected chi connectivity index (χ1v) is 29.5. The molecule has 0 spiro atoms. The van der Waals surface area contributed by atoms with Gasteiger partial charge in [0, 0.05) is 12.2 Å². The van der Waals surface area contributed by atoms with Crippen LogP contribution in [-0.2, 0) is 47.7 Å². The van der Waals surface area contributed by atoms with Crippen molar-refractivity contribution in [3.8, 4) is 34.5 Å². The lowest BCUT2D eigenvalue weighted by molar-refractivity contribution is -0.145. The van der Waals surface area contributed by atoms with Gasteiger partial charge in [-0.05, 0) is 170 Å². The van der Waals surface area contributed by atoms with E-state index in [1.807, 2.05) is 62.3 Å². The van der Waals surface area contributed by atoms with Gasteiger partial charge >= 0.3 is 47.8 Å². The monoisotopic (exact) mass is 1160 g/mol. The molecule has 3 aromatic rings. The number of carbonyl (C=O) groups is 8. The number of hydrogen-bond acceptors (Lipinski definition) is 18. The minimum atomic E-state index is -0.816. The van der Waals surface area contributed by atoms with E-state index in [0.29, 0.717) is 102 Å². The van der Waals surface area contributed by atoms with Gasteiger partial charge in [0.2, 0.25) is 0 Å². The van der Waals surface area contributed by atoms with E-state index in [-0.39, 0.29) is 34.1 Å². The molecule has 0 aliphatic heterocycles. The molecule has 0 bridgehead atoms. The van der Waals surface area contributed by atoms with E-state index in [1.54, 1.807) is 18.2 Å². The van der Waals surface area contributed by atoms with Gasteiger partial charge in [0.05, 0.1) is 64.3 Å². The summed E-state index contributed by atoms with van der Waals surface area (Å²) in [5.74, 6) is -5.02. The van der Waals surface area contributed by atoms with Gasteiger partial charge in [-0.3, -0.25) is 19.2 Å². The molecular weight excluding hydrogens is 1070 g/mol. The number of methoxy groups -OCH3 is 2. The Balaban J connectivity index is 0.00000412. The first-order chi connectivity index (χ1) is 40.2. The van der Waals surface area contributed by atoms with Crippen molar-refractivity contribution < 1.29 is 85.7 Å². The van der Waals surface area contributed by atoms with Crippen molar-refractivity contribution in [1.82, 2.24) is 0 Å². The van der Waals surface area contributed by atoms with Crippen LogP contribution in [0.5, 0.6) is 34.5 Å². The summed E-state index contributed by atoms with van der Waals surface area (Å²) in [6.45, 7) is 26.1. The van der Waals surface area contributed by atoms with Gasteiger partial charge in [0.1, 0.15) is 45.6 Å². The van der Waals surface area contributed by atoms with Crippen molar-refractivity contribution in [2.45, 2.75) is 165 Å². The van der Waals surface area contributed by atoms with Gasteiger partial charge < -0.3 is 47.4 Å². The molecule has 0 atom stereocenters. The maximum atomic E-state index is 13.4. The van der Waals surface area contributed by atoms with Gasteiger partial charge in [0.25, 0.3) is 0 Å². The van der Waals surface area contributed by atoms with Crippen molar-refractivity contribution in [1.29, 1.82) is 0 Å². The summed E-state index contributed by atoms with van der Waals surface area (Å²) in [6.07, 6.45) is 11.5. The maximum absolute atomic E-state index is 13.4. The summed E-state index contributed by atoms with van der Waals surface area (Å²) in [5.41, 5.74) is 0.784. The average molecular weight is 1160 g/mol. The maximum Gasteiger partial charge on any atom is 0.341 e. The smallest absolute Gasteiger partial charge is 0.341 e. The Morgan fingerprint density at radius 1 is 0.410 bits per heavy atom. The highest BCUT2D eigenvalue weighted by Gasteiger charge is 2.35. The predicted octanol–water partition coefficient (Wildman–Crippen LogP) is 13.6. The molecule has 5 rings (SSSR count). The molecule has 460 valence electrons. The molecule has 2 fully saturated rings. The lowest BCUT2D eigenvalue weighted by Crippen LogP contribution is -2.31. The second-order valence-electron chi connectivity index (χ2n) is 18.3. The molecular formula is C65H92O18. The van der Waals surface area contributed by atoms with Crippen LogP contribution in [0, 0.1) is 30.6 Å². The molecule has 2 aliphatic carbocycles. The number of benzene rings is 3. The van der Waals surface area contributed by atoms with Crippen molar-refractivity contribution in [3.63, 3.8) is 0 Å². The minimum absolute atomic E-state index is 0.0321. The number of aryl methyl sites for hydroxylation is 1. The van der Waals surface area contributed by atoms with Crippen molar-refractivity contribution >= 4 is 47.8 Å². The summed E-state index contributed by atoms with van der Waals surface area (Å²) in [7, 11) is 2.41. The van der Waals surface area contributed by atoms with E-state index in [2.05, 4.69) is 13.2 Å². The molecule has 2 saturated carbocycles. The van der Waals surface area contributed by atoms with E-state index < -0.39 is 71.4 Å². The molecule has 83 heavy (non-hydrogen) atoms. The molecule has 18 heteroatoms. The van der Waals surface area contributed by atoms with Crippen molar-refractivity contribution in [2.24, 2.45) is 23.7 Å². The van der Waals surface area contributed by atoms with Crippen LogP contribution in [0.15, 0.2) is 79.9 Å². The number of hydrogen-bond donors (Lipinski definition) is 0. The molecule has 0 N–H and O–H groups in total. The zero-order valence-electron chi connectivity index (χ0n) is 51.1. The highest BCUT2D eigenvalue weighted by Crippen LogP contribution is 2.36. The summed E-state index contributed by atoms with van der Waals surface area (Å²) in [6, 6.07) is 13.7. The molecule has 0 aromatic heterocycles. The summed E-state index contributed by atoms with van der Waals surface area (Å²) >= 11 is 0. The Kier molecular flexibility index (Phi) is 38.3. The summed E-state index contributed by atoms with van der Waals surface area (Å²) < 4.78 is 54.3. The summed E-state index contributed by atoms with van der Waals surface area (Å²) in [5, 5.41) is 0. The Hall–Kier alpha value is -7.50. The third-order valence-corrected chi connectivity index (χ3v) is 12.9. The van der Waals surface area contributed by atoms with Crippen LogP contribution in [-0.4, -0.2) is 88.4 Å². The van der Waals surface area contributed by atoms with Crippen LogP contribution in [0.4, 0.5) is 0 Å². The van der Waals surface area contributed by atoms with Crippen LogP contribution in [0.1, 0.15) is 184 Å². The van der Waals surface area contributed by atoms with Crippen LogP contribution in [0.2, 0.25) is 0 Å². The molecule has 3 aromatic carbocycles. The minimum Gasteiger partial charge on any atom is -0.493 e. The van der Waals surface area contributed by atoms with E-state index >= 15 is 0 Å². The standard InChI is InChI=1S/C57H68O18.4C2H6/c1-6-50(58)70-32-14-10-8-12-30-68-47-27-24-42(34-37(47)3)72-52(60)38-20-22-41(23-21-38)55(63)75-49-29-26-44(36-46(49)57(65)67-5)74-54(62)40-18-16-39(17-19-40)53(61)73-43-25-28-48(45(35-43)56(64)66-4)69-31-13-9-11-15-33-71-51(59)7-2;4*1-2/h6-7,24-29,34-36,38-41H,1-2,8-23,30-33H2,3-5H3;4*1-2H3. The molecule has 2 aliphatic rings. The lowest BCUT2D eigenvalue weighted by Gasteiger charge is -2.26.